The Kier molecular flexibility index (Phi) is 8.66. The van der Waals surface area contributed by atoms with E-state index in [2.05, 4.69) is 84.6 Å². The van der Waals surface area contributed by atoms with Gasteiger partial charge in [-0.1, -0.05) is 72.8 Å². The fourth-order valence-electron chi connectivity index (χ4n) is 14.4. The van der Waals surface area contributed by atoms with Crippen LogP contribution in [0.25, 0.3) is 0 Å². The van der Waals surface area contributed by atoms with Gasteiger partial charge in [0.15, 0.2) is 0 Å². The van der Waals surface area contributed by atoms with Crippen LogP contribution in [0.2, 0.25) is 0 Å². The molecule has 15 atom stereocenters. The van der Waals surface area contributed by atoms with Crippen LogP contribution in [0, 0.1) is 58.7 Å². The maximum absolute atomic E-state index is 12.5. The van der Waals surface area contributed by atoms with Crippen LogP contribution in [0.5, 0.6) is 0 Å². The largest absolute Gasteiger partial charge is 0.393 e. The Labute approximate surface area is 295 Å². The summed E-state index contributed by atoms with van der Waals surface area (Å²) >= 11 is 0. The first-order valence-corrected chi connectivity index (χ1v) is 20.4. The first kappa shape index (κ1) is 32.9. The molecule has 0 aromatic heterocycles. The van der Waals surface area contributed by atoms with Crippen LogP contribution in [0.1, 0.15) is 101 Å². The van der Waals surface area contributed by atoms with Gasteiger partial charge in [0.2, 0.25) is 0 Å². The van der Waals surface area contributed by atoms with Crippen LogP contribution in [-0.2, 0) is 6.42 Å². The number of piperidine rings is 2. The van der Waals surface area contributed by atoms with Crippen molar-refractivity contribution in [2.75, 3.05) is 13.1 Å². The number of aliphatic hydroxyl groups is 3. The molecule has 4 heteroatoms. The zero-order valence-corrected chi connectivity index (χ0v) is 29.8. The minimum atomic E-state index is -0.637. The average Bonchev–Trinajstić information content (AvgIpc) is 3.44. The van der Waals surface area contributed by atoms with Crippen molar-refractivity contribution in [2.45, 2.75) is 120 Å². The first-order valence-electron chi connectivity index (χ1n) is 20.4. The number of hydrogen-bond acceptors (Lipinski definition) is 4. The topological polar surface area (TPSA) is 63.9 Å². The van der Waals surface area contributed by atoms with Gasteiger partial charge in [-0.2, -0.15) is 0 Å². The highest BCUT2D eigenvalue weighted by Gasteiger charge is 2.68. The molecule has 0 amide bonds. The molecule has 2 saturated heterocycles. The Bertz CT molecular complexity index is 1470. The highest BCUT2D eigenvalue weighted by molar-refractivity contribution is 5.24. The highest BCUT2D eigenvalue weighted by Crippen LogP contribution is 2.71. The van der Waals surface area contributed by atoms with E-state index < -0.39 is 5.60 Å². The van der Waals surface area contributed by atoms with Crippen molar-refractivity contribution < 1.29 is 15.3 Å². The van der Waals surface area contributed by atoms with Gasteiger partial charge in [-0.05, 0) is 166 Å². The normalized spacial score (nSPS) is 46.1. The number of rotatable bonds is 7. The van der Waals surface area contributed by atoms with E-state index in [0.717, 1.165) is 64.5 Å². The number of aliphatic hydroxyl groups excluding tert-OH is 2. The fraction of sp³-hybridized carbons (Fsp3) is 0.689. The summed E-state index contributed by atoms with van der Waals surface area (Å²) in [5, 5.41) is 34.9. The maximum atomic E-state index is 12.5. The van der Waals surface area contributed by atoms with Crippen molar-refractivity contribution in [1.29, 1.82) is 0 Å². The Morgan fingerprint density at radius 3 is 2.43 bits per heavy atom. The third-order valence-corrected chi connectivity index (χ3v) is 16.4. The van der Waals surface area contributed by atoms with Crippen LogP contribution in [0.4, 0.5) is 0 Å². The Morgan fingerprint density at radius 1 is 0.816 bits per heavy atom. The van der Waals surface area contributed by atoms with Gasteiger partial charge in [0.1, 0.15) is 0 Å². The second kappa shape index (κ2) is 12.9. The van der Waals surface area contributed by atoms with Crippen molar-refractivity contribution in [3.63, 3.8) is 0 Å². The zero-order valence-electron chi connectivity index (χ0n) is 29.8. The lowest BCUT2D eigenvalue weighted by Gasteiger charge is -2.60. The molecule has 6 fully saturated rings. The van der Waals surface area contributed by atoms with Crippen molar-refractivity contribution in [3.8, 4) is 0 Å². The number of nitrogens with zero attached hydrogens (tertiary/aromatic N) is 1. The van der Waals surface area contributed by atoms with Crippen LogP contribution in [0.3, 0.4) is 0 Å². The quantitative estimate of drug-likeness (QED) is 0.263. The summed E-state index contributed by atoms with van der Waals surface area (Å²) in [6.07, 6.45) is 19.0. The van der Waals surface area contributed by atoms with Crippen LogP contribution < -0.4 is 0 Å². The van der Waals surface area contributed by atoms with Crippen molar-refractivity contribution >= 4 is 0 Å². The van der Waals surface area contributed by atoms with Gasteiger partial charge in [-0.3, -0.25) is 4.90 Å². The Hall–Kier alpha value is -1.98. The standard InChI is InChI=1S/C45H61NO3/c1-44(49)38-20-19-34-36-26-40(48)39-25-33(47)22-24-45(39)23-8-13-35(43(36)45)42(34)37(38)28-46-27-30(16-21-41(44)46)15-18-32(31-11-6-3-7-12-31)17-14-29-9-4-2-5-10-29/h2-13,30,32-43,47-49H,14-28H2,1H3. The minimum absolute atomic E-state index is 0.166. The molecule has 15 unspecified atom stereocenters. The summed E-state index contributed by atoms with van der Waals surface area (Å²) in [5.41, 5.74) is 2.46. The van der Waals surface area contributed by atoms with E-state index in [1.165, 1.54) is 43.2 Å². The molecule has 2 heterocycles. The SMILES string of the molecule is CC1(O)C2CCC3C4CC(O)C5CC(O)CCC56CC=CC(C3C2CN2CC(CCC(CCc3ccccc3)c3ccccc3)CCC21)C46. The summed E-state index contributed by atoms with van der Waals surface area (Å²) in [7, 11) is 0. The van der Waals surface area contributed by atoms with Gasteiger partial charge in [0.25, 0.3) is 0 Å². The second-order valence-corrected chi connectivity index (χ2v) is 18.4. The summed E-state index contributed by atoms with van der Waals surface area (Å²) in [5.74, 6) is 5.55. The summed E-state index contributed by atoms with van der Waals surface area (Å²) < 4.78 is 0. The van der Waals surface area contributed by atoms with Crippen LogP contribution in [-0.4, -0.2) is 57.2 Å². The van der Waals surface area contributed by atoms with Crippen LogP contribution >= 0.6 is 0 Å². The number of allylic oxidation sites excluding steroid dienone is 2. The Balaban J connectivity index is 0.930. The molecule has 5 aliphatic carbocycles. The van der Waals surface area contributed by atoms with Crippen LogP contribution in [0.15, 0.2) is 72.8 Å². The minimum Gasteiger partial charge on any atom is -0.393 e. The zero-order chi connectivity index (χ0) is 33.3. The third-order valence-electron chi connectivity index (χ3n) is 16.4. The third kappa shape index (κ3) is 5.53. The number of aryl methyl sites for hydroxylation is 1. The van der Waals surface area contributed by atoms with Crippen molar-refractivity contribution in [2.24, 2.45) is 58.7 Å². The molecule has 2 aromatic carbocycles. The summed E-state index contributed by atoms with van der Waals surface area (Å²) in [4.78, 5) is 2.79. The van der Waals surface area contributed by atoms with Gasteiger partial charge < -0.3 is 15.3 Å². The molecule has 3 N–H and O–H groups in total. The van der Waals surface area contributed by atoms with Gasteiger partial charge >= 0.3 is 0 Å². The molecule has 2 aromatic rings. The number of hydrogen-bond donors (Lipinski definition) is 3. The molecule has 0 bridgehead atoms. The lowest BCUT2D eigenvalue weighted by atomic mass is 9.47. The molecule has 0 radical (unpaired) electrons. The van der Waals surface area contributed by atoms with E-state index in [1.807, 2.05) is 0 Å². The summed E-state index contributed by atoms with van der Waals surface area (Å²) in [6.45, 7) is 4.51. The van der Waals surface area contributed by atoms with E-state index in [0.29, 0.717) is 53.3 Å². The monoisotopic (exact) mass is 663 g/mol. The molecule has 49 heavy (non-hydrogen) atoms. The lowest BCUT2D eigenvalue weighted by molar-refractivity contribution is -0.179. The number of fused-ring (bicyclic) bond motifs is 6. The summed E-state index contributed by atoms with van der Waals surface area (Å²) in [6, 6.07) is 22.5. The average molecular weight is 664 g/mol. The lowest BCUT2D eigenvalue weighted by Crippen LogP contribution is -2.67. The van der Waals surface area contributed by atoms with E-state index in [1.54, 1.807) is 0 Å². The molecule has 264 valence electrons. The van der Waals surface area contributed by atoms with Gasteiger partial charge in [0, 0.05) is 19.1 Å². The molecule has 9 rings (SSSR count). The molecule has 1 spiro atoms. The molecular weight excluding hydrogens is 602 g/mol. The predicted octanol–water partition coefficient (Wildman–Crippen LogP) is 8.02. The molecular formula is C45H61NO3. The fourth-order valence-corrected chi connectivity index (χ4v) is 14.4. The van der Waals surface area contributed by atoms with E-state index >= 15 is 0 Å². The van der Waals surface area contributed by atoms with Crippen molar-refractivity contribution in [1.82, 2.24) is 4.90 Å². The second-order valence-electron chi connectivity index (χ2n) is 18.4. The van der Waals surface area contributed by atoms with Gasteiger partial charge in [0.05, 0.1) is 17.8 Å². The van der Waals surface area contributed by atoms with E-state index in [9.17, 15) is 15.3 Å². The molecule has 4 saturated carbocycles. The smallest absolute Gasteiger partial charge is 0.0805 e. The van der Waals surface area contributed by atoms with Gasteiger partial charge in [-0.15, -0.1) is 0 Å². The predicted molar refractivity (Wildman–Crippen MR) is 196 cm³/mol. The van der Waals surface area contributed by atoms with E-state index in [4.69, 9.17) is 0 Å². The van der Waals surface area contributed by atoms with Crippen molar-refractivity contribution in [3.05, 3.63) is 83.9 Å². The highest BCUT2D eigenvalue weighted by atomic mass is 16.3. The van der Waals surface area contributed by atoms with E-state index in [-0.39, 0.29) is 29.6 Å². The molecule has 2 aliphatic heterocycles. The molecule has 4 nitrogen and oxygen atoms in total. The number of benzene rings is 2. The maximum Gasteiger partial charge on any atom is 0.0805 e. The molecule has 7 aliphatic rings. The Morgan fingerprint density at radius 2 is 1.61 bits per heavy atom. The van der Waals surface area contributed by atoms with Gasteiger partial charge in [-0.25, -0.2) is 0 Å². The first-order chi connectivity index (χ1) is 23.8.